The molecule has 0 aromatic heterocycles. The van der Waals surface area contributed by atoms with Crippen LogP contribution in [0.3, 0.4) is 0 Å². The molecule has 0 N–H and O–H groups in total. The van der Waals surface area contributed by atoms with Crippen LogP contribution in [-0.2, 0) is 28.6 Å². The van der Waals surface area contributed by atoms with Crippen LogP contribution in [-0.4, -0.2) is 37.2 Å². The summed E-state index contributed by atoms with van der Waals surface area (Å²) in [4.78, 5) is 34.5. The summed E-state index contributed by atoms with van der Waals surface area (Å²) < 4.78 is 15.3. The molecule has 0 amide bonds. The highest BCUT2D eigenvalue weighted by Gasteiger charge is 2.19. The second kappa shape index (κ2) is 12.7. The van der Waals surface area contributed by atoms with Crippen LogP contribution in [0.1, 0.15) is 59.3 Å². The van der Waals surface area contributed by atoms with Crippen LogP contribution in [0.4, 0.5) is 0 Å². The summed E-state index contributed by atoms with van der Waals surface area (Å²) in [5, 5.41) is 0. The predicted octanol–water partition coefficient (Wildman–Crippen LogP) is 2.94. The molecule has 0 aromatic carbocycles. The molecule has 0 saturated heterocycles. The van der Waals surface area contributed by atoms with E-state index in [4.69, 9.17) is 14.2 Å². The Kier molecular flexibility index (Phi) is 11.7. The third kappa shape index (κ3) is 11.4. The lowest BCUT2D eigenvalue weighted by molar-refractivity contribution is -0.156. The Morgan fingerprint density at radius 3 is 2.26 bits per heavy atom. The first-order valence-electron chi connectivity index (χ1n) is 8.08. The van der Waals surface area contributed by atoms with Crippen molar-refractivity contribution in [2.45, 2.75) is 65.4 Å². The molecule has 6 heteroatoms. The Morgan fingerprint density at radius 2 is 1.70 bits per heavy atom. The van der Waals surface area contributed by atoms with Gasteiger partial charge in [-0.25, -0.2) is 4.79 Å². The van der Waals surface area contributed by atoms with Gasteiger partial charge in [-0.2, -0.15) is 0 Å². The first-order chi connectivity index (χ1) is 10.9. The first-order valence-corrected chi connectivity index (χ1v) is 8.08. The largest absolute Gasteiger partial charge is 0.466 e. The summed E-state index contributed by atoms with van der Waals surface area (Å²) in [6.45, 7) is 9.18. The van der Waals surface area contributed by atoms with E-state index >= 15 is 0 Å². The van der Waals surface area contributed by atoms with Gasteiger partial charge in [0.25, 0.3) is 0 Å². The van der Waals surface area contributed by atoms with E-state index in [2.05, 4.69) is 13.5 Å². The van der Waals surface area contributed by atoms with Crippen LogP contribution >= 0.6 is 0 Å². The average Bonchev–Trinajstić information content (AvgIpc) is 2.50. The van der Waals surface area contributed by atoms with Crippen molar-refractivity contribution < 1.29 is 28.6 Å². The molecular formula is C17H28O6. The Labute approximate surface area is 138 Å². The van der Waals surface area contributed by atoms with Gasteiger partial charge in [-0.15, -0.1) is 0 Å². The Balaban J connectivity index is 4.27. The van der Waals surface area contributed by atoms with Gasteiger partial charge < -0.3 is 14.2 Å². The number of carbonyl (C=O) groups excluding carboxylic acids is 3. The van der Waals surface area contributed by atoms with Gasteiger partial charge in [-0.3, -0.25) is 9.59 Å². The van der Waals surface area contributed by atoms with Gasteiger partial charge in [-0.05, 0) is 13.3 Å². The zero-order valence-corrected chi connectivity index (χ0v) is 14.4. The molecule has 1 unspecified atom stereocenters. The Hall–Kier alpha value is -1.85. The van der Waals surface area contributed by atoms with Crippen molar-refractivity contribution in [1.82, 2.24) is 0 Å². The molecule has 0 aromatic rings. The fraction of sp³-hybridized carbons (Fsp3) is 0.706. The van der Waals surface area contributed by atoms with E-state index in [1.165, 1.54) is 0 Å². The molecule has 0 rings (SSSR count). The summed E-state index contributed by atoms with van der Waals surface area (Å²) in [5.74, 6) is -1.33. The van der Waals surface area contributed by atoms with Gasteiger partial charge >= 0.3 is 17.9 Å². The van der Waals surface area contributed by atoms with Gasteiger partial charge in [0, 0.05) is 18.4 Å². The lowest BCUT2D eigenvalue weighted by atomic mass is 10.2. The maximum Gasteiger partial charge on any atom is 0.333 e. The van der Waals surface area contributed by atoms with E-state index in [9.17, 15) is 14.4 Å². The molecule has 0 aliphatic carbocycles. The number of ether oxygens (including phenoxy) is 3. The topological polar surface area (TPSA) is 78.9 Å². The molecule has 1 atom stereocenters. The number of rotatable bonds is 12. The van der Waals surface area contributed by atoms with Crippen LogP contribution in [0.15, 0.2) is 12.2 Å². The Morgan fingerprint density at radius 1 is 1.00 bits per heavy atom. The zero-order valence-electron chi connectivity index (χ0n) is 14.4. The third-order valence-corrected chi connectivity index (χ3v) is 3.01. The molecule has 6 nitrogen and oxygen atoms in total. The van der Waals surface area contributed by atoms with Crippen molar-refractivity contribution in [3.05, 3.63) is 12.2 Å². The molecule has 0 aliphatic heterocycles. The fourth-order valence-corrected chi connectivity index (χ4v) is 1.66. The van der Waals surface area contributed by atoms with E-state index in [1.807, 2.05) is 0 Å². The van der Waals surface area contributed by atoms with Crippen LogP contribution in [0, 0.1) is 0 Å². The lowest BCUT2D eigenvalue weighted by Gasteiger charge is -2.17. The minimum Gasteiger partial charge on any atom is -0.466 e. The number of hydrogen-bond acceptors (Lipinski definition) is 6. The fourth-order valence-electron chi connectivity index (χ4n) is 1.66. The maximum atomic E-state index is 11.8. The van der Waals surface area contributed by atoms with Crippen molar-refractivity contribution >= 4 is 17.9 Å². The number of esters is 3. The van der Waals surface area contributed by atoms with Gasteiger partial charge in [-0.1, -0.05) is 33.3 Å². The van der Waals surface area contributed by atoms with Crippen molar-refractivity contribution in [2.24, 2.45) is 0 Å². The quantitative estimate of drug-likeness (QED) is 0.237. The summed E-state index contributed by atoms with van der Waals surface area (Å²) in [6.07, 6.45) is 2.63. The van der Waals surface area contributed by atoms with Gasteiger partial charge in [0.15, 0.2) is 0 Å². The molecule has 0 radical (unpaired) electrons. The van der Waals surface area contributed by atoms with E-state index in [-0.39, 0.29) is 25.9 Å². The minimum atomic E-state index is -0.654. The number of unbranched alkanes of at least 4 members (excludes halogenated alkanes) is 2. The number of carbonyl (C=O) groups is 3. The molecular weight excluding hydrogens is 300 g/mol. The van der Waals surface area contributed by atoms with Crippen LogP contribution in [0.5, 0.6) is 0 Å². The SMILES string of the molecule is C=C(C)C(=O)OCCC(CC(=O)OCCCCC)OC(=O)CC. The monoisotopic (exact) mass is 328 g/mol. The molecule has 23 heavy (non-hydrogen) atoms. The highest BCUT2D eigenvalue weighted by atomic mass is 16.6. The molecule has 0 fully saturated rings. The van der Waals surface area contributed by atoms with Crippen LogP contribution < -0.4 is 0 Å². The molecule has 0 heterocycles. The number of hydrogen-bond donors (Lipinski definition) is 0. The standard InChI is InChI=1S/C17H28O6/c1-5-7-8-10-21-16(19)12-14(23-15(18)6-2)9-11-22-17(20)13(3)4/h14H,3,5-12H2,1-2,4H3. The van der Waals surface area contributed by atoms with Crippen LogP contribution in [0.2, 0.25) is 0 Å². The van der Waals surface area contributed by atoms with E-state index in [0.29, 0.717) is 12.2 Å². The van der Waals surface area contributed by atoms with Crippen LogP contribution in [0.25, 0.3) is 0 Å². The molecule has 0 spiro atoms. The molecule has 0 saturated carbocycles. The highest BCUT2D eigenvalue weighted by Crippen LogP contribution is 2.09. The summed E-state index contributed by atoms with van der Waals surface area (Å²) in [5.41, 5.74) is 0.294. The summed E-state index contributed by atoms with van der Waals surface area (Å²) in [7, 11) is 0. The van der Waals surface area contributed by atoms with Crippen molar-refractivity contribution in [1.29, 1.82) is 0 Å². The van der Waals surface area contributed by atoms with Crippen molar-refractivity contribution in [2.75, 3.05) is 13.2 Å². The van der Waals surface area contributed by atoms with E-state index in [0.717, 1.165) is 19.3 Å². The Bertz CT molecular complexity index is 402. The summed E-state index contributed by atoms with van der Waals surface area (Å²) >= 11 is 0. The van der Waals surface area contributed by atoms with Gasteiger partial charge in [0.1, 0.15) is 6.10 Å². The highest BCUT2D eigenvalue weighted by molar-refractivity contribution is 5.86. The second-order valence-corrected chi connectivity index (χ2v) is 5.30. The summed E-state index contributed by atoms with van der Waals surface area (Å²) in [6, 6.07) is 0. The lowest BCUT2D eigenvalue weighted by Crippen LogP contribution is -2.25. The molecule has 0 aliphatic rings. The van der Waals surface area contributed by atoms with Crippen molar-refractivity contribution in [3.63, 3.8) is 0 Å². The minimum absolute atomic E-state index is 0.0392. The smallest absolute Gasteiger partial charge is 0.333 e. The third-order valence-electron chi connectivity index (χ3n) is 3.01. The predicted molar refractivity (Wildman–Crippen MR) is 85.7 cm³/mol. The van der Waals surface area contributed by atoms with Crippen molar-refractivity contribution in [3.8, 4) is 0 Å². The zero-order chi connectivity index (χ0) is 17.7. The first kappa shape index (κ1) is 21.1. The van der Waals surface area contributed by atoms with Gasteiger partial charge in [0.05, 0.1) is 19.6 Å². The molecule has 0 bridgehead atoms. The second-order valence-electron chi connectivity index (χ2n) is 5.30. The normalized spacial score (nSPS) is 11.4. The van der Waals surface area contributed by atoms with E-state index < -0.39 is 24.0 Å². The van der Waals surface area contributed by atoms with Gasteiger partial charge in [0.2, 0.25) is 0 Å². The molecule has 132 valence electrons. The maximum absolute atomic E-state index is 11.8. The van der Waals surface area contributed by atoms with E-state index in [1.54, 1.807) is 13.8 Å². The average molecular weight is 328 g/mol.